The van der Waals surface area contributed by atoms with Crippen molar-refractivity contribution in [1.82, 2.24) is 30.8 Å². The number of alkyl halides is 3. The summed E-state index contributed by atoms with van der Waals surface area (Å²) in [6, 6.07) is -2.88. The maximum atomic E-state index is 14.4. The van der Waals surface area contributed by atoms with Crippen molar-refractivity contribution in [3.05, 3.63) is 35.0 Å². The summed E-state index contributed by atoms with van der Waals surface area (Å²) in [6.07, 6.45) is -0.739. The van der Waals surface area contributed by atoms with E-state index in [4.69, 9.17) is 0 Å². The monoisotopic (exact) mass is 541 g/mol. The van der Waals surface area contributed by atoms with Crippen LogP contribution in [0.5, 0.6) is 0 Å². The van der Waals surface area contributed by atoms with Crippen LogP contribution in [-0.4, -0.2) is 62.8 Å². The van der Waals surface area contributed by atoms with Crippen LogP contribution in [-0.2, 0) is 11.3 Å². The summed E-state index contributed by atoms with van der Waals surface area (Å²) in [6.45, 7) is 2.49. The van der Waals surface area contributed by atoms with E-state index in [0.29, 0.717) is 18.8 Å². The molecule has 0 bridgehead atoms. The summed E-state index contributed by atoms with van der Waals surface area (Å²) in [7, 11) is 0. The molecule has 0 aromatic carbocycles. The summed E-state index contributed by atoms with van der Waals surface area (Å²) in [5.41, 5.74) is 0.0577. The van der Waals surface area contributed by atoms with Crippen molar-refractivity contribution in [3.8, 4) is 0 Å². The first kappa shape index (κ1) is 27.3. The number of hydrogen-bond acceptors (Lipinski definition) is 7. The molecule has 0 spiro atoms. The molecule has 1 unspecified atom stereocenters. The lowest BCUT2D eigenvalue weighted by molar-refractivity contribution is -0.149. The average molecular weight is 542 g/mol. The van der Waals surface area contributed by atoms with E-state index in [0.717, 1.165) is 30.0 Å². The fraction of sp³-hybridized carbons (Fsp3) is 0.565. The number of nitrogens with one attached hydrogen (secondary N) is 3. The Labute approximate surface area is 214 Å². The van der Waals surface area contributed by atoms with Gasteiger partial charge in [-0.3, -0.25) is 9.59 Å². The molecular weight excluding hydrogens is 514 g/mol. The maximum absolute atomic E-state index is 14.4. The molecule has 3 heterocycles. The van der Waals surface area contributed by atoms with Crippen molar-refractivity contribution >= 4 is 23.7 Å². The molecule has 1 saturated carbocycles. The number of aryl methyl sites for hydroxylation is 1. The van der Waals surface area contributed by atoms with Crippen LogP contribution < -0.4 is 16.0 Å². The molecule has 4 amide bonds. The lowest BCUT2D eigenvalue weighted by atomic mass is 9.79. The fourth-order valence-electron chi connectivity index (χ4n) is 4.65. The number of hydrogen-bond donors (Lipinski definition) is 3. The molecule has 2 aromatic heterocycles. The first-order chi connectivity index (χ1) is 17.9. The lowest BCUT2D eigenvalue weighted by Crippen LogP contribution is -2.49. The van der Waals surface area contributed by atoms with Gasteiger partial charge in [0.25, 0.3) is 5.91 Å². The van der Waals surface area contributed by atoms with E-state index >= 15 is 0 Å². The van der Waals surface area contributed by atoms with Crippen molar-refractivity contribution in [2.75, 3.05) is 11.9 Å². The molecule has 38 heavy (non-hydrogen) atoms. The number of amides is 4. The second-order valence-corrected chi connectivity index (χ2v) is 9.74. The fourth-order valence-corrected chi connectivity index (χ4v) is 4.65. The molecule has 11 nitrogen and oxygen atoms in total. The average Bonchev–Trinajstić information content (AvgIpc) is 3.45. The van der Waals surface area contributed by atoms with Crippen molar-refractivity contribution in [3.63, 3.8) is 0 Å². The van der Waals surface area contributed by atoms with Gasteiger partial charge in [0.05, 0.1) is 19.3 Å². The molecule has 206 valence electrons. The number of halogens is 4. The van der Waals surface area contributed by atoms with Gasteiger partial charge in [0, 0.05) is 5.56 Å². The molecule has 4 rings (SSSR count). The standard InChI is InChI=1S/C23H27F4N7O4/c1-11-3-5-13(6-4-11)19(31-20(35)18-12(2)32-38-33-18)21(36)30-17-7-14(15(24)8-28-17)9-34-10-16(23(25,26)27)29-22(34)37/h7-8,11,13,16,19H,3-6,9-10H2,1-2H3,(H,29,37)(H,31,35)(H,28,30,36)/t11?,13?,16-,19?/m0/s1. The zero-order valence-corrected chi connectivity index (χ0v) is 20.6. The van der Waals surface area contributed by atoms with Gasteiger partial charge < -0.3 is 20.9 Å². The zero-order valence-electron chi connectivity index (χ0n) is 20.6. The number of carbonyl (C=O) groups excluding carboxylic acids is 3. The number of rotatable bonds is 7. The molecule has 2 fully saturated rings. The highest BCUT2D eigenvalue weighted by Crippen LogP contribution is 2.31. The Morgan fingerprint density at radius 2 is 1.95 bits per heavy atom. The first-order valence-electron chi connectivity index (χ1n) is 12.1. The number of aromatic nitrogens is 3. The maximum Gasteiger partial charge on any atom is 0.410 e. The Balaban J connectivity index is 1.49. The topological polar surface area (TPSA) is 142 Å². The van der Waals surface area contributed by atoms with Crippen LogP contribution in [0.2, 0.25) is 0 Å². The van der Waals surface area contributed by atoms with Crippen LogP contribution >= 0.6 is 0 Å². The summed E-state index contributed by atoms with van der Waals surface area (Å²) in [4.78, 5) is 42.7. The molecule has 3 N–H and O–H groups in total. The van der Waals surface area contributed by atoms with Gasteiger partial charge in [-0.25, -0.2) is 18.8 Å². The van der Waals surface area contributed by atoms with E-state index in [1.165, 1.54) is 6.92 Å². The zero-order chi connectivity index (χ0) is 27.6. The van der Waals surface area contributed by atoms with Crippen LogP contribution in [0.1, 0.15) is 54.4 Å². The normalized spacial score (nSPS) is 22.6. The third kappa shape index (κ3) is 6.19. The van der Waals surface area contributed by atoms with Gasteiger partial charge in [-0.2, -0.15) is 13.2 Å². The largest absolute Gasteiger partial charge is 0.410 e. The van der Waals surface area contributed by atoms with Gasteiger partial charge in [-0.05, 0) is 42.8 Å². The van der Waals surface area contributed by atoms with Crippen LogP contribution in [0.25, 0.3) is 0 Å². The van der Waals surface area contributed by atoms with E-state index < -0.39 is 55.0 Å². The lowest BCUT2D eigenvalue weighted by Gasteiger charge is -2.32. The summed E-state index contributed by atoms with van der Waals surface area (Å²) in [5.74, 6) is -1.90. The van der Waals surface area contributed by atoms with Crippen LogP contribution in [0.4, 0.5) is 28.2 Å². The second-order valence-electron chi connectivity index (χ2n) is 9.74. The second kappa shape index (κ2) is 10.9. The van der Waals surface area contributed by atoms with Gasteiger partial charge in [0.2, 0.25) is 5.91 Å². The third-order valence-corrected chi connectivity index (χ3v) is 6.90. The summed E-state index contributed by atoms with van der Waals surface area (Å²) in [5, 5.41) is 14.2. The minimum absolute atomic E-state index is 0.0600. The summed E-state index contributed by atoms with van der Waals surface area (Å²) < 4.78 is 57.9. The van der Waals surface area contributed by atoms with Crippen molar-refractivity contribution in [1.29, 1.82) is 0 Å². The number of urea groups is 1. The minimum atomic E-state index is -4.64. The predicted molar refractivity (Wildman–Crippen MR) is 123 cm³/mol. The molecule has 1 saturated heterocycles. The Bertz CT molecular complexity index is 1200. The van der Waals surface area contributed by atoms with Crippen molar-refractivity contribution in [2.45, 2.75) is 64.3 Å². The molecule has 15 heteroatoms. The SMILES string of the molecule is Cc1nonc1C(=O)NC(C(=O)Nc1cc(CN2C[C@@H](C(F)(F)F)NC2=O)c(F)cn1)C1CCC(C)CC1. The van der Waals surface area contributed by atoms with Crippen LogP contribution in [0, 0.1) is 24.6 Å². The van der Waals surface area contributed by atoms with E-state index in [1.54, 1.807) is 0 Å². The van der Waals surface area contributed by atoms with Gasteiger partial charge in [-0.15, -0.1) is 0 Å². The van der Waals surface area contributed by atoms with Gasteiger partial charge >= 0.3 is 12.2 Å². The predicted octanol–water partition coefficient (Wildman–Crippen LogP) is 2.93. The number of pyridine rings is 1. The smallest absolute Gasteiger partial charge is 0.338 e. The summed E-state index contributed by atoms with van der Waals surface area (Å²) >= 11 is 0. The highest BCUT2D eigenvalue weighted by atomic mass is 19.4. The minimum Gasteiger partial charge on any atom is -0.338 e. The van der Waals surface area contributed by atoms with Gasteiger partial charge in [0.15, 0.2) is 5.69 Å². The van der Waals surface area contributed by atoms with Gasteiger partial charge in [-0.1, -0.05) is 24.9 Å². The quantitative estimate of drug-likeness (QED) is 0.458. The Kier molecular flexibility index (Phi) is 7.83. The number of anilines is 1. The number of carbonyl (C=O) groups is 3. The molecule has 0 radical (unpaired) electrons. The van der Waals surface area contributed by atoms with E-state index in [2.05, 4.69) is 37.5 Å². The van der Waals surface area contributed by atoms with Crippen LogP contribution in [0.15, 0.2) is 16.9 Å². The van der Waals surface area contributed by atoms with E-state index in [-0.39, 0.29) is 28.7 Å². The highest BCUT2D eigenvalue weighted by molar-refractivity contribution is 6.00. The Hall–Kier alpha value is -3.78. The number of nitrogens with zero attached hydrogens (tertiary/aromatic N) is 4. The third-order valence-electron chi connectivity index (χ3n) is 6.90. The van der Waals surface area contributed by atoms with Crippen molar-refractivity contribution < 1.29 is 36.6 Å². The Morgan fingerprint density at radius 1 is 1.24 bits per heavy atom. The Morgan fingerprint density at radius 3 is 2.55 bits per heavy atom. The van der Waals surface area contributed by atoms with Crippen LogP contribution in [0.3, 0.4) is 0 Å². The van der Waals surface area contributed by atoms with Crippen molar-refractivity contribution in [2.24, 2.45) is 11.8 Å². The molecular formula is C23H27F4N7O4. The molecule has 1 aliphatic heterocycles. The highest BCUT2D eigenvalue weighted by Gasteiger charge is 2.47. The van der Waals surface area contributed by atoms with E-state index in [9.17, 15) is 31.9 Å². The molecule has 2 aliphatic rings. The molecule has 2 aromatic rings. The van der Waals surface area contributed by atoms with E-state index in [1.807, 2.05) is 5.32 Å². The van der Waals surface area contributed by atoms with Gasteiger partial charge in [0.1, 0.15) is 29.4 Å². The molecule has 1 aliphatic carbocycles. The molecule has 2 atom stereocenters. The first-order valence-corrected chi connectivity index (χ1v) is 12.1.